The molecule has 154 valence electrons. The van der Waals surface area contributed by atoms with Crippen LogP contribution in [0, 0.1) is 11.8 Å². The minimum absolute atomic E-state index is 0.0103. The number of aliphatic carboxylic acids is 1. The number of carbonyl (C=O) groups is 2. The van der Waals surface area contributed by atoms with Crippen molar-refractivity contribution in [3.05, 3.63) is 0 Å². The third-order valence-electron chi connectivity index (χ3n) is 4.95. The fourth-order valence-corrected chi connectivity index (χ4v) is 5.61. The van der Waals surface area contributed by atoms with E-state index in [9.17, 15) is 28.2 Å². The highest BCUT2D eigenvalue weighted by Gasteiger charge is 2.45. The van der Waals surface area contributed by atoms with Crippen LogP contribution in [0.25, 0.3) is 0 Å². The van der Waals surface area contributed by atoms with Crippen molar-refractivity contribution >= 4 is 39.9 Å². The van der Waals surface area contributed by atoms with Gasteiger partial charge in [-0.25, -0.2) is 14.7 Å². The first-order valence-electron chi connectivity index (χ1n) is 8.64. The highest BCUT2D eigenvalue weighted by Crippen LogP contribution is 2.39. The smallest absolute Gasteiger partial charge is 0.350 e. The topological polar surface area (TPSA) is 171 Å². The summed E-state index contributed by atoms with van der Waals surface area (Å²) in [5.74, 6) is -2.11. The molecule has 0 aromatic carbocycles. The Hall–Kier alpha value is -1.05. The van der Waals surface area contributed by atoms with E-state index in [1.807, 2.05) is 6.92 Å². The molecule has 0 spiro atoms. The second kappa shape index (κ2) is 8.97. The van der Waals surface area contributed by atoms with Crippen LogP contribution in [0.1, 0.15) is 20.3 Å². The van der Waals surface area contributed by atoms with Crippen LogP contribution in [0.5, 0.6) is 0 Å². The van der Waals surface area contributed by atoms with E-state index in [-0.39, 0.29) is 29.5 Å². The summed E-state index contributed by atoms with van der Waals surface area (Å²) in [6, 6.07) is -0.681. The number of aliphatic hydroxyl groups excluding tert-OH is 1. The lowest BCUT2D eigenvalue weighted by Crippen LogP contribution is -2.40. The lowest BCUT2D eigenvalue weighted by Gasteiger charge is -2.26. The van der Waals surface area contributed by atoms with E-state index >= 15 is 0 Å². The molecule has 0 unspecified atom stereocenters. The van der Waals surface area contributed by atoms with Gasteiger partial charge in [0.05, 0.1) is 23.3 Å². The van der Waals surface area contributed by atoms with Gasteiger partial charge in [0.1, 0.15) is 12.0 Å². The number of aliphatic imine (C=N–C) groups is 1. The third-order valence-corrected chi connectivity index (χ3v) is 7.21. The number of nitrogens with one attached hydrogen (secondary N) is 2. The van der Waals surface area contributed by atoms with E-state index < -0.39 is 39.5 Å². The van der Waals surface area contributed by atoms with E-state index in [0.29, 0.717) is 19.3 Å². The highest BCUT2D eigenvalue weighted by atomic mass is 32.2. The van der Waals surface area contributed by atoms with E-state index in [1.54, 1.807) is 0 Å². The number of carbonyl (C=O) groups excluding carboxylic acids is 1. The molecule has 0 aliphatic carbocycles. The Morgan fingerprint density at radius 2 is 2.22 bits per heavy atom. The second-order valence-corrected chi connectivity index (χ2v) is 9.86. The van der Waals surface area contributed by atoms with Crippen molar-refractivity contribution in [2.75, 3.05) is 13.1 Å². The molecule has 0 bridgehead atoms. The van der Waals surface area contributed by atoms with Gasteiger partial charge < -0.3 is 20.3 Å². The summed E-state index contributed by atoms with van der Waals surface area (Å²) in [5, 5.41) is 27.1. The molecule has 1 saturated heterocycles. The maximum absolute atomic E-state index is 11.6. The van der Waals surface area contributed by atoms with Crippen molar-refractivity contribution in [3.63, 3.8) is 0 Å². The number of hydrogen-bond donors (Lipinski definition) is 5. The van der Waals surface area contributed by atoms with Crippen LogP contribution >= 0.6 is 11.8 Å². The number of aldehydes is 1. The standard InChI is InChI=1S/C15H26N4O6S2/c1-7-12(11(6-20)8(2)21)19-13(15(22)23)14(7)26-10-3-9(17-5-10)4-18-27(16,24)25/h6-12,14,17-18,21H,3-5H2,1-2H3,(H,22,23)(H2,16,24,25)/t7-,8-,9+,10+,11-,12-,14-/m1/s1. The first-order valence-corrected chi connectivity index (χ1v) is 11.1. The van der Waals surface area contributed by atoms with Gasteiger partial charge in [-0.1, -0.05) is 6.92 Å². The number of nitrogens with two attached hydrogens (primary N) is 1. The van der Waals surface area contributed by atoms with E-state index in [4.69, 9.17) is 5.14 Å². The van der Waals surface area contributed by atoms with Gasteiger partial charge in [-0.05, 0) is 19.3 Å². The van der Waals surface area contributed by atoms with Crippen molar-refractivity contribution < 1.29 is 28.2 Å². The lowest BCUT2D eigenvalue weighted by molar-refractivity contribution is -0.129. The minimum atomic E-state index is -3.76. The Morgan fingerprint density at radius 1 is 1.56 bits per heavy atom. The van der Waals surface area contributed by atoms with Gasteiger partial charge in [0.15, 0.2) is 0 Å². The quantitative estimate of drug-likeness (QED) is 0.275. The molecule has 0 aromatic heterocycles. The van der Waals surface area contributed by atoms with Gasteiger partial charge in [-0.3, -0.25) is 4.99 Å². The van der Waals surface area contributed by atoms with E-state index in [1.165, 1.54) is 18.7 Å². The number of nitrogens with zero attached hydrogens (tertiary/aromatic N) is 1. The summed E-state index contributed by atoms with van der Waals surface area (Å²) in [5.41, 5.74) is 0.0103. The molecule has 10 nitrogen and oxygen atoms in total. The number of carboxylic acids is 1. The number of rotatable bonds is 9. The predicted molar refractivity (Wildman–Crippen MR) is 102 cm³/mol. The molecule has 27 heavy (non-hydrogen) atoms. The van der Waals surface area contributed by atoms with Gasteiger partial charge in [0, 0.05) is 24.4 Å². The van der Waals surface area contributed by atoms with Crippen LogP contribution in [0.2, 0.25) is 0 Å². The van der Waals surface area contributed by atoms with Crippen LogP contribution in [-0.2, 0) is 19.8 Å². The Bertz CT molecular complexity index is 698. The zero-order chi connectivity index (χ0) is 20.4. The first-order chi connectivity index (χ1) is 12.5. The van der Waals surface area contributed by atoms with Gasteiger partial charge in [0.25, 0.3) is 10.2 Å². The minimum Gasteiger partial charge on any atom is -0.477 e. The summed E-state index contributed by atoms with van der Waals surface area (Å²) in [6.07, 6.45) is 0.356. The summed E-state index contributed by atoms with van der Waals surface area (Å²) >= 11 is 1.46. The normalized spacial score (nSPS) is 33.5. The van der Waals surface area contributed by atoms with Crippen LogP contribution < -0.4 is 15.2 Å². The molecular formula is C15H26N4O6S2. The number of aliphatic hydroxyl groups is 1. The Balaban J connectivity index is 2.04. The van der Waals surface area contributed by atoms with Crippen LogP contribution in [0.15, 0.2) is 4.99 Å². The van der Waals surface area contributed by atoms with Gasteiger partial charge in [0.2, 0.25) is 0 Å². The van der Waals surface area contributed by atoms with Gasteiger partial charge >= 0.3 is 5.97 Å². The van der Waals surface area contributed by atoms with E-state index in [0.717, 1.165) is 0 Å². The largest absolute Gasteiger partial charge is 0.477 e. The summed E-state index contributed by atoms with van der Waals surface area (Å²) in [7, 11) is -3.76. The molecule has 7 atom stereocenters. The molecule has 1 fully saturated rings. The Kier molecular flexibility index (Phi) is 7.39. The molecule has 2 aliphatic rings. The molecule has 0 saturated carbocycles. The average molecular weight is 423 g/mol. The van der Waals surface area contributed by atoms with E-state index in [2.05, 4.69) is 15.0 Å². The molecule has 0 aromatic rings. The van der Waals surface area contributed by atoms with Crippen molar-refractivity contribution in [2.45, 2.75) is 49.0 Å². The van der Waals surface area contributed by atoms with Crippen LogP contribution in [-0.4, -0.2) is 78.4 Å². The molecule has 6 N–H and O–H groups in total. The zero-order valence-electron chi connectivity index (χ0n) is 15.1. The summed E-state index contributed by atoms with van der Waals surface area (Å²) in [4.78, 5) is 27.2. The number of carboxylic acid groups (broad SMARTS) is 1. The van der Waals surface area contributed by atoms with Crippen molar-refractivity contribution in [1.29, 1.82) is 0 Å². The van der Waals surface area contributed by atoms with Crippen LogP contribution in [0.3, 0.4) is 0 Å². The van der Waals surface area contributed by atoms with Crippen LogP contribution in [0.4, 0.5) is 0 Å². The Morgan fingerprint density at radius 3 is 2.74 bits per heavy atom. The summed E-state index contributed by atoms with van der Waals surface area (Å²) in [6.45, 7) is 4.08. The monoisotopic (exact) mass is 422 g/mol. The molecule has 2 heterocycles. The maximum atomic E-state index is 11.6. The summed E-state index contributed by atoms with van der Waals surface area (Å²) < 4.78 is 24.2. The molecule has 2 rings (SSSR count). The molecule has 2 aliphatic heterocycles. The van der Waals surface area contributed by atoms with Gasteiger partial charge in [-0.2, -0.15) is 8.42 Å². The number of hydrogen-bond acceptors (Lipinski definition) is 8. The predicted octanol–water partition coefficient (Wildman–Crippen LogP) is -1.65. The zero-order valence-corrected chi connectivity index (χ0v) is 16.7. The van der Waals surface area contributed by atoms with Crippen molar-refractivity contribution in [3.8, 4) is 0 Å². The molecule has 12 heteroatoms. The lowest BCUT2D eigenvalue weighted by atomic mass is 9.87. The molecular weight excluding hydrogens is 396 g/mol. The second-order valence-electron chi connectivity index (χ2n) is 7.04. The van der Waals surface area contributed by atoms with Crippen molar-refractivity contribution in [2.24, 2.45) is 22.0 Å². The SMILES string of the molecule is C[C@@H]1[C@H]([C@H](C=O)[C@@H](C)O)N=C(C(=O)O)[C@@H]1S[C@@H]1CN[C@H](CNS(N)(=O)=O)C1. The van der Waals surface area contributed by atoms with Gasteiger partial charge in [-0.15, -0.1) is 11.8 Å². The number of thioether (sulfide) groups is 1. The molecule has 0 amide bonds. The van der Waals surface area contributed by atoms with Crippen molar-refractivity contribution in [1.82, 2.24) is 10.0 Å². The highest BCUT2D eigenvalue weighted by molar-refractivity contribution is 8.01. The maximum Gasteiger partial charge on any atom is 0.350 e. The average Bonchev–Trinajstić information content (AvgIpc) is 3.12. The fraction of sp³-hybridized carbons (Fsp3) is 0.800. The fourth-order valence-electron chi connectivity index (χ4n) is 3.53. The molecule has 0 radical (unpaired) electrons. The third kappa shape index (κ3) is 5.72. The first kappa shape index (κ1) is 22.2. The Labute approximate surface area is 162 Å².